The molecule has 0 aliphatic heterocycles. The highest BCUT2D eigenvalue weighted by Gasteiger charge is 2.17. The number of carbonyl (C=O) groups is 1. The molecule has 7 heteroatoms. The Balaban J connectivity index is 1.52. The van der Waals surface area contributed by atoms with Crippen LogP contribution in [-0.4, -0.2) is 30.5 Å². The molecule has 0 saturated carbocycles. The summed E-state index contributed by atoms with van der Waals surface area (Å²) in [7, 11) is 1.96. The van der Waals surface area contributed by atoms with Crippen LogP contribution in [0.3, 0.4) is 0 Å². The predicted molar refractivity (Wildman–Crippen MR) is 94.8 cm³/mol. The van der Waals surface area contributed by atoms with Crippen molar-refractivity contribution >= 4 is 28.0 Å². The van der Waals surface area contributed by atoms with E-state index in [1.165, 1.54) is 0 Å². The number of benzene rings is 2. The minimum atomic E-state index is -0.209. The van der Waals surface area contributed by atoms with Crippen molar-refractivity contribution < 1.29 is 4.79 Å². The SMILES string of the molecule is C[C@@H](NC(=O)Cn1nnc2ccccc21)c1nc2ccccc2n1C. The fraction of sp³-hybridized carbons (Fsp3) is 0.222. The van der Waals surface area contributed by atoms with Gasteiger partial charge in [0.15, 0.2) is 0 Å². The van der Waals surface area contributed by atoms with Crippen LogP contribution in [0.4, 0.5) is 0 Å². The zero-order valence-electron chi connectivity index (χ0n) is 14.0. The highest BCUT2D eigenvalue weighted by molar-refractivity contribution is 5.80. The van der Waals surface area contributed by atoms with Crippen LogP contribution in [-0.2, 0) is 18.4 Å². The number of hydrogen-bond donors (Lipinski definition) is 1. The zero-order valence-corrected chi connectivity index (χ0v) is 14.0. The third-order valence-corrected chi connectivity index (χ3v) is 4.30. The Kier molecular flexibility index (Phi) is 3.68. The van der Waals surface area contributed by atoms with Crippen molar-refractivity contribution in [3.05, 3.63) is 54.4 Å². The van der Waals surface area contributed by atoms with Gasteiger partial charge in [0.1, 0.15) is 17.9 Å². The first-order valence-corrected chi connectivity index (χ1v) is 8.12. The third kappa shape index (κ3) is 2.73. The van der Waals surface area contributed by atoms with Crippen molar-refractivity contribution in [3.8, 4) is 0 Å². The third-order valence-electron chi connectivity index (χ3n) is 4.30. The molecule has 0 bridgehead atoms. The molecule has 2 aromatic heterocycles. The number of para-hydroxylation sites is 3. The van der Waals surface area contributed by atoms with Crippen molar-refractivity contribution in [3.63, 3.8) is 0 Å². The lowest BCUT2D eigenvalue weighted by Crippen LogP contribution is -2.31. The first kappa shape index (κ1) is 15.3. The molecular weight excluding hydrogens is 316 g/mol. The molecule has 0 aliphatic rings. The number of imidazole rings is 1. The summed E-state index contributed by atoms with van der Waals surface area (Å²) in [6.07, 6.45) is 0. The lowest BCUT2D eigenvalue weighted by molar-refractivity contribution is -0.122. The summed E-state index contributed by atoms with van der Waals surface area (Å²) < 4.78 is 3.61. The fourth-order valence-corrected chi connectivity index (χ4v) is 3.07. The average molecular weight is 334 g/mol. The molecule has 4 aromatic rings. The summed E-state index contributed by atoms with van der Waals surface area (Å²) >= 11 is 0. The highest BCUT2D eigenvalue weighted by Crippen LogP contribution is 2.19. The number of carbonyl (C=O) groups excluding carboxylic acids is 1. The molecule has 0 saturated heterocycles. The number of rotatable bonds is 4. The van der Waals surface area contributed by atoms with E-state index in [9.17, 15) is 4.79 Å². The Bertz CT molecular complexity index is 1060. The molecule has 1 amide bonds. The van der Waals surface area contributed by atoms with Gasteiger partial charge < -0.3 is 9.88 Å². The van der Waals surface area contributed by atoms with Gasteiger partial charge in [-0.1, -0.05) is 29.5 Å². The van der Waals surface area contributed by atoms with E-state index >= 15 is 0 Å². The second-order valence-electron chi connectivity index (χ2n) is 6.04. The number of fused-ring (bicyclic) bond motifs is 2. The number of hydrogen-bond acceptors (Lipinski definition) is 4. The van der Waals surface area contributed by atoms with E-state index in [4.69, 9.17) is 0 Å². The highest BCUT2D eigenvalue weighted by atomic mass is 16.2. The van der Waals surface area contributed by atoms with Crippen LogP contribution in [0.15, 0.2) is 48.5 Å². The van der Waals surface area contributed by atoms with Gasteiger partial charge in [-0.3, -0.25) is 4.79 Å². The van der Waals surface area contributed by atoms with Crippen LogP contribution in [0.25, 0.3) is 22.1 Å². The van der Waals surface area contributed by atoms with Gasteiger partial charge >= 0.3 is 0 Å². The van der Waals surface area contributed by atoms with E-state index in [0.717, 1.165) is 27.9 Å². The van der Waals surface area contributed by atoms with Crippen molar-refractivity contribution in [1.29, 1.82) is 0 Å². The fourth-order valence-electron chi connectivity index (χ4n) is 3.07. The van der Waals surface area contributed by atoms with Gasteiger partial charge in [0, 0.05) is 7.05 Å². The Morgan fingerprint density at radius 2 is 1.76 bits per heavy atom. The molecule has 0 spiro atoms. The Morgan fingerprint density at radius 1 is 1.08 bits per heavy atom. The summed E-state index contributed by atoms with van der Waals surface area (Å²) in [5.74, 6) is 0.688. The van der Waals surface area contributed by atoms with Crippen molar-refractivity contribution in [2.24, 2.45) is 7.05 Å². The zero-order chi connectivity index (χ0) is 17.4. The number of nitrogens with zero attached hydrogens (tertiary/aromatic N) is 5. The molecule has 4 rings (SSSR count). The van der Waals surface area contributed by atoms with E-state index in [1.54, 1.807) is 4.68 Å². The summed E-state index contributed by atoms with van der Waals surface area (Å²) in [6, 6.07) is 15.3. The summed E-state index contributed by atoms with van der Waals surface area (Å²) in [5.41, 5.74) is 3.58. The molecule has 2 heterocycles. The second kappa shape index (κ2) is 6.01. The van der Waals surface area contributed by atoms with Crippen LogP contribution in [0.2, 0.25) is 0 Å². The molecule has 1 N–H and O–H groups in total. The Hall–Kier alpha value is -3.22. The van der Waals surface area contributed by atoms with Crippen LogP contribution >= 0.6 is 0 Å². The molecule has 0 fully saturated rings. The molecule has 25 heavy (non-hydrogen) atoms. The summed E-state index contributed by atoms with van der Waals surface area (Å²) in [6.45, 7) is 2.05. The van der Waals surface area contributed by atoms with Crippen molar-refractivity contribution in [1.82, 2.24) is 29.9 Å². The van der Waals surface area contributed by atoms with E-state index in [2.05, 4.69) is 20.6 Å². The van der Waals surface area contributed by atoms with Crippen LogP contribution in [0.5, 0.6) is 0 Å². The largest absolute Gasteiger partial charge is 0.345 e. The molecule has 1 atom stereocenters. The first-order chi connectivity index (χ1) is 12.1. The van der Waals surface area contributed by atoms with Gasteiger partial charge in [-0.05, 0) is 31.2 Å². The molecule has 126 valence electrons. The van der Waals surface area contributed by atoms with Crippen molar-refractivity contribution in [2.45, 2.75) is 19.5 Å². The smallest absolute Gasteiger partial charge is 0.242 e. The number of nitrogens with one attached hydrogen (secondary N) is 1. The molecule has 0 aliphatic carbocycles. The maximum Gasteiger partial charge on any atom is 0.242 e. The summed E-state index contributed by atoms with van der Waals surface area (Å²) in [4.78, 5) is 17.1. The average Bonchev–Trinajstić information content (AvgIpc) is 3.17. The van der Waals surface area contributed by atoms with Crippen LogP contribution in [0, 0.1) is 0 Å². The Morgan fingerprint density at radius 3 is 2.52 bits per heavy atom. The van der Waals surface area contributed by atoms with E-state index in [1.807, 2.05) is 67.1 Å². The lowest BCUT2D eigenvalue weighted by atomic mass is 10.3. The number of amides is 1. The predicted octanol–water partition coefficient (Wildman–Crippen LogP) is 2.20. The first-order valence-electron chi connectivity index (χ1n) is 8.12. The molecule has 7 nitrogen and oxygen atoms in total. The molecule has 0 radical (unpaired) electrons. The van der Waals surface area contributed by atoms with Gasteiger partial charge in [0.2, 0.25) is 5.91 Å². The van der Waals surface area contributed by atoms with Gasteiger partial charge in [0.25, 0.3) is 0 Å². The van der Waals surface area contributed by atoms with Gasteiger partial charge in [-0.2, -0.15) is 0 Å². The monoisotopic (exact) mass is 334 g/mol. The van der Waals surface area contributed by atoms with Crippen LogP contribution in [0.1, 0.15) is 18.8 Å². The number of aryl methyl sites for hydroxylation is 1. The summed E-state index contributed by atoms with van der Waals surface area (Å²) in [5, 5.41) is 11.1. The topological polar surface area (TPSA) is 77.6 Å². The Labute approximate surface area is 144 Å². The maximum atomic E-state index is 12.4. The quantitative estimate of drug-likeness (QED) is 0.620. The van der Waals surface area contributed by atoms with Gasteiger partial charge in [0.05, 0.1) is 22.6 Å². The molecule has 0 unspecified atom stereocenters. The molecular formula is C18H18N6O. The molecule has 2 aromatic carbocycles. The maximum absolute atomic E-state index is 12.4. The van der Waals surface area contributed by atoms with E-state index in [-0.39, 0.29) is 18.5 Å². The van der Waals surface area contributed by atoms with Crippen LogP contribution < -0.4 is 5.32 Å². The van der Waals surface area contributed by atoms with E-state index in [0.29, 0.717) is 0 Å². The lowest BCUT2D eigenvalue weighted by Gasteiger charge is -2.14. The minimum absolute atomic E-state index is 0.120. The van der Waals surface area contributed by atoms with Gasteiger partial charge in [-0.15, -0.1) is 5.10 Å². The normalized spacial score (nSPS) is 12.6. The second-order valence-corrected chi connectivity index (χ2v) is 6.04. The minimum Gasteiger partial charge on any atom is -0.345 e. The standard InChI is InChI=1S/C18H18N6O/c1-12(18-20-13-7-3-5-9-15(13)23(18)2)19-17(25)11-24-16-10-6-4-8-14(16)21-22-24/h3-10,12H,11H2,1-2H3,(H,19,25)/t12-/m1/s1. The van der Waals surface area contributed by atoms with Gasteiger partial charge in [-0.25, -0.2) is 9.67 Å². The number of aromatic nitrogens is 5. The van der Waals surface area contributed by atoms with Crippen molar-refractivity contribution in [2.75, 3.05) is 0 Å². The van der Waals surface area contributed by atoms with E-state index < -0.39 is 0 Å².